The highest BCUT2D eigenvalue weighted by Gasteiger charge is 2.87. The zero-order valence-corrected chi connectivity index (χ0v) is 11.9. The second kappa shape index (κ2) is 6.79. The Balaban J connectivity index is 5.93. The van der Waals surface area contributed by atoms with Crippen LogP contribution in [0, 0.1) is 0 Å². The molecule has 26 heavy (non-hydrogen) atoms. The van der Waals surface area contributed by atoms with Crippen LogP contribution in [0.2, 0.25) is 0 Å². The first-order valence-corrected chi connectivity index (χ1v) is 5.97. The molecule has 0 aromatic carbocycles. The van der Waals surface area contributed by atoms with Crippen LogP contribution in [0.5, 0.6) is 0 Å². The molecule has 0 radical (unpaired) electrons. The standard InChI is InChI=1S/C11H7F13O2/c1-2-5(25)26-11(23,24)10(21,22)9(19,20)8(17,18)6(12,13)3-4-7(14,15)16/h2H,1,3-4H2. The van der Waals surface area contributed by atoms with Crippen molar-refractivity contribution in [1.82, 2.24) is 0 Å². The summed E-state index contributed by atoms with van der Waals surface area (Å²) in [4.78, 5) is 10.4. The van der Waals surface area contributed by atoms with Crippen LogP contribution >= 0.6 is 0 Å². The lowest BCUT2D eigenvalue weighted by Crippen LogP contribution is -2.67. The van der Waals surface area contributed by atoms with E-state index in [9.17, 15) is 61.9 Å². The van der Waals surface area contributed by atoms with E-state index in [4.69, 9.17) is 0 Å². The molecule has 0 unspecified atom stereocenters. The van der Waals surface area contributed by atoms with Gasteiger partial charge in [0.05, 0.1) is 0 Å². The maximum atomic E-state index is 13.2. The summed E-state index contributed by atoms with van der Waals surface area (Å²) in [5.74, 6) is -31.4. The molecule has 0 aliphatic rings. The van der Waals surface area contributed by atoms with Gasteiger partial charge in [0.15, 0.2) is 0 Å². The molecule has 0 N–H and O–H groups in total. The largest absolute Gasteiger partial charge is 0.473 e. The molecule has 2 nitrogen and oxygen atoms in total. The molecule has 154 valence electrons. The van der Waals surface area contributed by atoms with Gasteiger partial charge in [-0.15, -0.1) is 0 Å². The molecule has 0 saturated carbocycles. The minimum absolute atomic E-state index is 0.266. The smallest absolute Gasteiger partial charge is 0.393 e. The molecule has 0 aliphatic carbocycles. The van der Waals surface area contributed by atoms with Gasteiger partial charge in [-0.3, -0.25) is 0 Å². The molecule has 15 heteroatoms. The van der Waals surface area contributed by atoms with Crippen molar-refractivity contribution < 1.29 is 66.6 Å². The van der Waals surface area contributed by atoms with E-state index in [2.05, 4.69) is 11.3 Å². The Morgan fingerprint density at radius 1 is 0.731 bits per heavy atom. The van der Waals surface area contributed by atoms with E-state index in [0.29, 0.717) is 0 Å². The molecule has 0 atom stereocenters. The Morgan fingerprint density at radius 2 is 1.15 bits per heavy atom. The summed E-state index contributed by atoms with van der Waals surface area (Å²) in [6.07, 6.45) is -18.5. The van der Waals surface area contributed by atoms with Crippen LogP contribution < -0.4 is 0 Å². The lowest BCUT2D eigenvalue weighted by Gasteiger charge is -2.38. The molecular weight excluding hydrogens is 411 g/mol. The van der Waals surface area contributed by atoms with Gasteiger partial charge in [0, 0.05) is 18.9 Å². The number of ether oxygens (including phenoxy) is 1. The third kappa shape index (κ3) is 4.34. The van der Waals surface area contributed by atoms with Gasteiger partial charge in [0.2, 0.25) is 0 Å². The Bertz CT molecular complexity index is 535. The zero-order valence-electron chi connectivity index (χ0n) is 11.9. The van der Waals surface area contributed by atoms with Gasteiger partial charge in [0.1, 0.15) is 0 Å². The van der Waals surface area contributed by atoms with Crippen LogP contribution in [0.15, 0.2) is 12.7 Å². The van der Waals surface area contributed by atoms with E-state index >= 15 is 0 Å². The van der Waals surface area contributed by atoms with Crippen LogP contribution in [0.25, 0.3) is 0 Å². The van der Waals surface area contributed by atoms with E-state index < -0.39 is 54.8 Å². The number of hydrogen-bond acceptors (Lipinski definition) is 2. The summed E-state index contributed by atoms with van der Waals surface area (Å²) in [6, 6.07) is 0. The molecule has 0 spiro atoms. The van der Waals surface area contributed by atoms with E-state index in [0.717, 1.165) is 0 Å². The van der Waals surface area contributed by atoms with Crippen LogP contribution in [0.4, 0.5) is 57.1 Å². The van der Waals surface area contributed by atoms with Crippen LogP contribution in [0.1, 0.15) is 12.8 Å². The first-order valence-electron chi connectivity index (χ1n) is 5.97. The van der Waals surface area contributed by atoms with Gasteiger partial charge in [-0.1, -0.05) is 6.58 Å². The van der Waals surface area contributed by atoms with Crippen molar-refractivity contribution in [2.75, 3.05) is 0 Å². The molecule has 0 heterocycles. The Labute approximate surface area is 135 Å². The van der Waals surface area contributed by atoms with E-state index in [1.165, 1.54) is 0 Å². The van der Waals surface area contributed by atoms with Gasteiger partial charge >= 0.3 is 41.9 Å². The normalized spacial score (nSPS) is 15.0. The summed E-state index contributed by atoms with van der Waals surface area (Å²) in [5, 5.41) is 0. The highest BCUT2D eigenvalue weighted by atomic mass is 19.4. The molecule has 0 saturated heterocycles. The summed E-state index contributed by atoms with van der Waals surface area (Å²) in [6.45, 7) is 2.41. The summed E-state index contributed by atoms with van der Waals surface area (Å²) >= 11 is 0. The van der Waals surface area contributed by atoms with Crippen molar-refractivity contribution in [1.29, 1.82) is 0 Å². The van der Waals surface area contributed by atoms with Gasteiger partial charge in [0.25, 0.3) is 0 Å². The number of halogens is 13. The first kappa shape index (κ1) is 24.3. The van der Waals surface area contributed by atoms with Crippen molar-refractivity contribution in [2.24, 2.45) is 0 Å². The summed E-state index contributed by atoms with van der Waals surface area (Å²) in [7, 11) is 0. The number of hydrogen-bond donors (Lipinski definition) is 0. The average molecular weight is 418 g/mol. The van der Waals surface area contributed by atoms with Gasteiger partial charge in [-0.25, -0.2) is 4.79 Å². The van der Waals surface area contributed by atoms with Crippen LogP contribution in [0.3, 0.4) is 0 Å². The lowest BCUT2D eigenvalue weighted by molar-refractivity contribution is -0.437. The number of carbonyl (C=O) groups is 1. The Hall–Kier alpha value is -1.70. The molecule has 0 aliphatic heterocycles. The molecule has 0 amide bonds. The summed E-state index contributed by atoms with van der Waals surface area (Å²) in [5.41, 5.74) is 0. The zero-order chi connectivity index (χ0) is 21.4. The van der Waals surface area contributed by atoms with E-state index in [-0.39, 0.29) is 6.08 Å². The Kier molecular flexibility index (Phi) is 6.35. The number of alkyl halides is 13. The Morgan fingerprint density at radius 3 is 1.50 bits per heavy atom. The maximum Gasteiger partial charge on any atom is 0.473 e. The second-order valence-corrected chi connectivity index (χ2v) is 4.68. The molecule has 0 aromatic rings. The fourth-order valence-corrected chi connectivity index (χ4v) is 1.30. The molecule has 0 bridgehead atoms. The van der Waals surface area contributed by atoms with E-state index in [1.54, 1.807) is 0 Å². The van der Waals surface area contributed by atoms with E-state index in [1.807, 2.05) is 0 Å². The quantitative estimate of drug-likeness (QED) is 0.308. The van der Waals surface area contributed by atoms with Gasteiger partial charge in [-0.05, 0) is 0 Å². The third-order valence-electron chi connectivity index (χ3n) is 2.73. The van der Waals surface area contributed by atoms with Crippen molar-refractivity contribution in [3.8, 4) is 0 Å². The van der Waals surface area contributed by atoms with Crippen molar-refractivity contribution in [3.63, 3.8) is 0 Å². The lowest BCUT2D eigenvalue weighted by atomic mass is 9.95. The van der Waals surface area contributed by atoms with Crippen molar-refractivity contribution >= 4 is 5.97 Å². The first-order chi connectivity index (χ1) is 11.2. The predicted octanol–water partition coefficient (Wildman–Crippen LogP) is 5.19. The van der Waals surface area contributed by atoms with Gasteiger partial charge < -0.3 is 4.74 Å². The fraction of sp³-hybridized carbons (Fsp3) is 0.727. The summed E-state index contributed by atoms with van der Waals surface area (Å²) < 4.78 is 169. The SMILES string of the molecule is C=CC(=O)OC(F)(F)C(F)(F)C(F)(F)C(F)(F)C(F)(F)CCC(F)(F)F. The highest BCUT2D eigenvalue weighted by Crippen LogP contribution is 2.58. The molecule has 0 fully saturated rings. The third-order valence-corrected chi connectivity index (χ3v) is 2.73. The number of esters is 1. The maximum absolute atomic E-state index is 13.2. The highest BCUT2D eigenvalue weighted by molar-refractivity contribution is 5.81. The van der Waals surface area contributed by atoms with Crippen molar-refractivity contribution in [3.05, 3.63) is 12.7 Å². The minimum Gasteiger partial charge on any atom is -0.393 e. The number of rotatable bonds is 8. The van der Waals surface area contributed by atoms with Gasteiger partial charge in [-0.2, -0.15) is 57.1 Å². The molecule has 0 aromatic heterocycles. The minimum atomic E-state index is -7.62. The molecular formula is C11H7F13O2. The molecule has 0 rings (SSSR count). The predicted molar refractivity (Wildman–Crippen MR) is 56.3 cm³/mol. The number of carbonyl (C=O) groups excluding carboxylic acids is 1. The van der Waals surface area contributed by atoms with Crippen LogP contribution in [-0.2, 0) is 9.53 Å². The average Bonchev–Trinajstić information content (AvgIpc) is 2.43. The second-order valence-electron chi connectivity index (χ2n) is 4.68. The van der Waals surface area contributed by atoms with Crippen LogP contribution in [-0.4, -0.2) is 41.9 Å². The topological polar surface area (TPSA) is 26.3 Å². The monoisotopic (exact) mass is 418 g/mol. The van der Waals surface area contributed by atoms with Crippen molar-refractivity contribution in [2.45, 2.75) is 48.8 Å². The fourth-order valence-electron chi connectivity index (χ4n) is 1.30.